The van der Waals surface area contributed by atoms with Crippen molar-refractivity contribution in [3.8, 4) is 0 Å². The predicted molar refractivity (Wildman–Crippen MR) is 75.1 cm³/mol. The summed E-state index contributed by atoms with van der Waals surface area (Å²) < 4.78 is 18.8. The van der Waals surface area contributed by atoms with Gasteiger partial charge in [-0.3, -0.25) is 0 Å². The molecule has 4 nitrogen and oxygen atoms in total. The summed E-state index contributed by atoms with van der Waals surface area (Å²) in [5.41, 5.74) is 0. The highest BCUT2D eigenvalue weighted by molar-refractivity contribution is 7.98. The number of nitrogens with zero attached hydrogens (tertiary/aromatic N) is 2. The summed E-state index contributed by atoms with van der Waals surface area (Å²) in [6.45, 7) is 1.95. The van der Waals surface area contributed by atoms with Gasteiger partial charge in [-0.2, -0.15) is 4.98 Å². The first kappa shape index (κ1) is 13.6. The summed E-state index contributed by atoms with van der Waals surface area (Å²) in [6, 6.07) is 6.71. The van der Waals surface area contributed by atoms with E-state index in [4.69, 9.17) is 4.52 Å². The number of halogens is 1. The second-order valence-corrected chi connectivity index (χ2v) is 5.83. The fraction of sp³-hybridized carbons (Fsp3) is 0.429. The Hall–Kier alpha value is -1.40. The summed E-state index contributed by atoms with van der Waals surface area (Å²) in [4.78, 5) is 5.03. The Bertz CT molecular complexity index is 569. The third kappa shape index (κ3) is 3.19. The lowest BCUT2D eigenvalue weighted by molar-refractivity contribution is 0.320. The van der Waals surface area contributed by atoms with Gasteiger partial charge in [-0.25, -0.2) is 4.39 Å². The zero-order valence-electron chi connectivity index (χ0n) is 11.0. The van der Waals surface area contributed by atoms with Crippen LogP contribution < -0.4 is 5.32 Å². The molecule has 3 rings (SSSR count). The van der Waals surface area contributed by atoms with Gasteiger partial charge in [-0.05, 0) is 31.5 Å². The van der Waals surface area contributed by atoms with E-state index in [-0.39, 0.29) is 5.82 Å². The Kier molecular flexibility index (Phi) is 4.32. The molecule has 1 unspecified atom stereocenters. The van der Waals surface area contributed by atoms with Crippen molar-refractivity contribution < 1.29 is 8.91 Å². The van der Waals surface area contributed by atoms with Gasteiger partial charge in [0.05, 0.1) is 11.7 Å². The van der Waals surface area contributed by atoms with Crippen LogP contribution >= 0.6 is 11.8 Å². The summed E-state index contributed by atoms with van der Waals surface area (Å²) in [5.74, 6) is 1.94. The normalized spacial score (nSPS) is 19.1. The SMILES string of the molecule is Fc1ccccc1SCc1noc(C2CCCNC2)n1. The van der Waals surface area contributed by atoms with Gasteiger partial charge in [0, 0.05) is 11.4 Å². The number of piperidine rings is 1. The third-order valence-electron chi connectivity index (χ3n) is 3.32. The van der Waals surface area contributed by atoms with Crippen molar-refractivity contribution in [3.63, 3.8) is 0 Å². The first-order valence-electron chi connectivity index (χ1n) is 6.73. The number of hydrogen-bond acceptors (Lipinski definition) is 5. The maximum atomic E-state index is 13.5. The molecule has 2 aromatic rings. The first-order valence-corrected chi connectivity index (χ1v) is 7.72. The number of thioether (sulfide) groups is 1. The molecule has 0 saturated carbocycles. The van der Waals surface area contributed by atoms with Crippen molar-refractivity contribution >= 4 is 11.8 Å². The standard InChI is InChI=1S/C14H16FN3OS/c15-11-5-1-2-6-12(11)20-9-13-17-14(19-18-13)10-4-3-7-16-8-10/h1-2,5-6,10,16H,3-4,7-9H2. The summed E-state index contributed by atoms with van der Waals surface area (Å²) in [5, 5.41) is 7.30. The van der Waals surface area contributed by atoms with Crippen LogP contribution in [-0.2, 0) is 5.75 Å². The zero-order valence-corrected chi connectivity index (χ0v) is 11.8. The van der Waals surface area contributed by atoms with Crippen molar-refractivity contribution in [2.45, 2.75) is 29.4 Å². The molecule has 0 amide bonds. The topological polar surface area (TPSA) is 51.0 Å². The molecule has 1 fully saturated rings. The van der Waals surface area contributed by atoms with E-state index in [1.807, 2.05) is 6.07 Å². The molecule has 106 valence electrons. The van der Waals surface area contributed by atoms with Gasteiger partial charge in [0.1, 0.15) is 5.82 Å². The minimum absolute atomic E-state index is 0.210. The van der Waals surface area contributed by atoms with Gasteiger partial charge >= 0.3 is 0 Å². The largest absolute Gasteiger partial charge is 0.339 e. The van der Waals surface area contributed by atoms with Gasteiger partial charge in [0.25, 0.3) is 0 Å². The highest BCUT2D eigenvalue weighted by Gasteiger charge is 2.21. The van der Waals surface area contributed by atoms with E-state index in [1.54, 1.807) is 12.1 Å². The Morgan fingerprint density at radius 2 is 2.30 bits per heavy atom. The molecule has 1 aliphatic heterocycles. The van der Waals surface area contributed by atoms with Crippen molar-refractivity contribution in [3.05, 3.63) is 41.8 Å². The summed E-state index contributed by atoms with van der Waals surface area (Å²) in [7, 11) is 0. The number of hydrogen-bond donors (Lipinski definition) is 1. The van der Waals surface area contributed by atoms with E-state index in [2.05, 4.69) is 15.5 Å². The van der Waals surface area contributed by atoms with Crippen molar-refractivity contribution in [1.82, 2.24) is 15.5 Å². The van der Waals surface area contributed by atoms with Gasteiger partial charge < -0.3 is 9.84 Å². The average molecular weight is 293 g/mol. The third-order valence-corrected chi connectivity index (χ3v) is 4.37. The minimum Gasteiger partial charge on any atom is -0.339 e. The van der Waals surface area contributed by atoms with Gasteiger partial charge in [-0.15, -0.1) is 11.8 Å². The Balaban J connectivity index is 1.61. The monoisotopic (exact) mass is 293 g/mol. The van der Waals surface area contributed by atoms with Crippen LogP contribution in [0.4, 0.5) is 4.39 Å². The smallest absolute Gasteiger partial charge is 0.231 e. The Morgan fingerprint density at radius 1 is 1.40 bits per heavy atom. The fourth-order valence-corrected chi connectivity index (χ4v) is 3.04. The molecule has 1 saturated heterocycles. The highest BCUT2D eigenvalue weighted by Crippen LogP contribution is 2.26. The van der Waals surface area contributed by atoms with Crippen molar-refractivity contribution in [2.75, 3.05) is 13.1 Å². The van der Waals surface area contributed by atoms with Crippen LogP contribution in [0.2, 0.25) is 0 Å². The number of benzene rings is 1. The molecule has 1 atom stereocenters. The van der Waals surface area contributed by atoms with Crippen LogP contribution in [0.15, 0.2) is 33.7 Å². The van der Waals surface area contributed by atoms with Gasteiger partial charge in [0.2, 0.25) is 5.89 Å². The van der Waals surface area contributed by atoms with E-state index < -0.39 is 0 Å². The van der Waals surface area contributed by atoms with Crippen LogP contribution in [0.5, 0.6) is 0 Å². The molecule has 1 aromatic heterocycles. The molecule has 0 aliphatic carbocycles. The lowest BCUT2D eigenvalue weighted by Gasteiger charge is -2.18. The molecule has 0 bridgehead atoms. The predicted octanol–water partition coefficient (Wildman–Crippen LogP) is 2.97. The van der Waals surface area contributed by atoms with Crippen LogP contribution in [0, 0.1) is 5.82 Å². The van der Waals surface area contributed by atoms with Crippen LogP contribution in [-0.4, -0.2) is 23.2 Å². The van der Waals surface area contributed by atoms with Crippen molar-refractivity contribution in [2.24, 2.45) is 0 Å². The van der Waals surface area contributed by atoms with Gasteiger partial charge in [-0.1, -0.05) is 17.3 Å². The minimum atomic E-state index is -0.210. The number of aromatic nitrogens is 2. The second-order valence-electron chi connectivity index (χ2n) is 4.81. The molecular formula is C14H16FN3OS. The molecular weight excluding hydrogens is 277 g/mol. The van der Waals surface area contributed by atoms with Crippen LogP contribution in [0.25, 0.3) is 0 Å². The Labute approximate surface area is 121 Å². The molecule has 0 spiro atoms. The molecule has 1 N–H and O–H groups in total. The molecule has 6 heteroatoms. The lowest BCUT2D eigenvalue weighted by atomic mass is 10.00. The van der Waals surface area contributed by atoms with E-state index in [1.165, 1.54) is 17.8 Å². The maximum absolute atomic E-state index is 13.5. The quantitative estimate of drug-likeness (QED) is 0.878. The Morgan fingerprint density at radius 3 is 3.10 bits per heavy atom. The summed E-state index contributed by atoms with van der Waals surface area (Å²) >= 11 is 1.38. The van der Waals surface area contributed by atoms with E-state index in [0.29, 0.717) is 28.3 Å². The van der Waals surface area contributed by atoms with Crippen molar-refractivity contribution in [1.29, 1.82) is 0 Å². The van der Waals surface area contributed by atoms with E-state index in [9.17, 15) is 4.39 Å². The number of nitrogens with one attached hydrogen (secondary N) is 1. The molecule has 2 heterocycles. The molecule has 0 radical (unpaired) electrons. The van der Waals surface area contributed by atoms with Gasteiger partial charge in [0.15, 0.2) is 5.82 Å². The maximum Gasteiger partial charge on any atom is 0.231 e. The lowest BCUT2D eigenvalue weighted by Crippen LogP contribution is -2.28. The molecule has 1 aromatic carbocycles. The zero-order chi connectivity index (χ0) is 13.8. The van der Waals surface area contributed by atoms with Crippen LogP contribution in [0.3, 0.4) is 0 Å². The van der Waals surface area contributed by atoms with Crippen LogP contribution in [0.1, 0.15) is 30.5 Å². The average Bonchev–Trinajstić information content (AvgIpc) is 2.96. The van der Waals surface area contributed by atoms with E-state index >= 15 is 0 Å². The van der Waals surface area contributed by atoms with E-state index in [0.717, 1.165) is 25.9 Å². The first-order chi connectivity index (χ1) is 9.83. The fourth-order valence-electron chi connectivity index (χ4n) is 2.26. The molecule has 20 heavy (non-hydrogen) atoms. The summed E-state index contributed by atoms with van der Waals surface area (Å²) in [6.07, 6.45) is 2.21. The molecule has 1 aliphatic rings. The highest BCUT2D eigenvalue weighted by atomic mass is 32.2. The second kappa shape index (κ2) is 6.37. The number of rotatable bonds is 4.